The zero-order valence-corrected chi connectivity index (χ0v) is 15.1. The Morgan fingerprint density at radius 2 is 1.85 bits per heavy atom. The molecule has 0 bridgehead atoms. The highest BCUT2D eigenvalue weighted by Crippen LogP contribution is 2.29. The van der Waals surface area contributed by atoms with Crippen molar-refractivity contribution in [2.75, 3.05) is 19.0 Å². The summed E-state index contributed by atoms with van der Waals surface area (Å²) >= 11 is 0. The SMILES string of the molecule is COc1ccc(NC(=O)C[C@H]2C(=O)N(Cc3ccccc3)C[C@@H]2C)cc1. The average Bonchev–Trinajstić information content (AvgIpc) is 2.90. The number of benzene rings is 2. The van der Waals surface area contributed by atoms with Crippen LogP contribution in [0.2, 0.25) is 0 Å². The van der Waals surface area contributed by atoms with Gasteiger partial charge in [-0.25, -0.2) is 0 Å². The van der Waals surface area contributed by atoms with Crippen molar-refractivity contribution in [3.05, 3.63) is 60.2 Å². The van der Waals surface area contributed by atoms with Crippen molar-refractivity contribution in [3.63, 3.8) is 0 Å². The first-order valence-electron chi connectivity index (χ1n) is 8.83. The maximum absolute atomic E-state index is 12.7. The molecule has 3 rings (SSSR count). The summed E-state index contributed by atoms with van der Waals surface area (Å²) in [5.74, 6) is 0.553. The van der Waals surface area contributed by atoms with Gasteiger partial charge in [-0.05, 0) is 35.7 Å². The lowest BCUT2D eigenvalue weighted by atomic mass is 9.94. The highest BCUT2D eigenvalue weighted by Gasteiger charge is 2.38. The molecule has 0 aromatic heterocycles. The minimum atomic E-state index is -0.267. The van der Waals surface area contributed by atoms with Gasteiger partial charge in [-0.15, -0.1) is 0 Å². The van der Waals surface area contributed by atoms with Crippen LogP contribution < -0.4 is 10.1 Å². The molecule has 0 spiro atoms. The normalized spacial score (nSPS) is 19.5. The second-order valence-electron chi connectivity index (χ2n) is 6.77. The van der Waals surface area contributed by atoms with Crippen molar-refractivity contribution in [1.29, 1.82) is 0 Å². The van der Waals surface area contributed by atoms with E-state index < -0.39 is 0 Å². The molecule has 1 fully saturated rings. The summed E-state index contributed by atoms with van der Waals surface area (Å²) in [6.07, 6.45) is 0.206. The number of likely N-dealkylation sites (tertiary alicyclic amines) is 1. The predicted octanol–water partition coefficient (Wildman–Crippen LogP) is 3.32. The van der Waals surface area contributed by atoms with E-state index in [9.17, 15) is 9.59 Å². The fourth-order valence-electron chi connectivity index (χ4n) is 3.36. The molecule has 5 nitrogen and oxygen atoms in total. The van der Waals surface area contributed by atoms with E-state index in [1.807, 2.05) is 42.2 Å². The van der Waals surface area contributed by atoms with Crippen LogP contribution in [0, 0.1) is 11.8 Å². The lowest BCUT2D eigenvalue weighted by Crippen LogP contribution is -2.28. The lowest BCUT2D eigenvalue weighted by molar-refractivity contribution is -0.133. The molecule has 1 saturated heterocycles. The van der Waals surface area contributed by atoms with Crippen molar-refractivity contribution < 1.29 is 14.3 Å². The van der Waals surface area contributed by atoms with Gasteiger partial charge in [-0.1, -0.05) is 37.3 Å². The van der Waals surface area contributed by atoms with E-state index >= 15 is 0 Å². The van der Waals surface area contributed by atoms with Crippen molar-refractivity contribution >= 4 is 17.5 Å². The molecule has 5 heteroatoms. The van der Waals surface area contributed by atoms with E-state index in [0.29, 0.717) is 18.8 Å². The number of nitrogens with zero attached hydrogens (tertiary/aromatic N) is 1. The zero-order chi connectivity index (χ0) is 18.5. The number of carbonyl (C=O) groups excluding carboxylic acids is 2. The Bertz CT molecular complexity index is 759. The second-order valence-corrected chi connectivity index (χ2v) is 6.77. The minimum Gasteiger partial charge on any atom is -0.497 e. The first kappa shape index (κ1) is 18.0. The topological polar surface area (TPSA) is 58.6 Å². The van der Waals surface area contributed by atoms with Crippen molar-refractivity contribution in [3.8, 4) is 5.75 Å². The van der Waals surface area contributed by atoms with Gasteiger partial charge in [0, 0.05) is 25.2 Å². The number of carbonyl (C=O) groups is 2. The Labute approximate surface area is 154 Å². The summed E-state index contributed by atoms with van der Waals surface area (Å²) in [6, 6.07) is 17.1. The molecule has 0 aliphatic carbocycles. The van der Waals surface area contributed by atoms with Gasteiger partial charge in [0.05, 0.1) is 13.0 Å². The van der Waals surface area contributed by atoms with Crippen LogP contribution in [0.4, 0.5) is 5.69 Å². The number of ether oxygens (including phenoxy) is 1. The molecule has 0 radical (unpaired) electrons. The molecule has 1 N–H and O–H groups in total. The molecular formula is C21H24N2O3. The molecule has 2 aromatic rings. The number of amides is 2. The molecular weight excluding hydrogens is 328 g/mol. The van der Waals surface area contributed by atoms with Crippen LogP contribution in [0.1, 0.15) is 18.9 Å². The highest BCUT2D eigenvalue weighted by atomic mass is 16.5. The van der Waals surface area contributed by atoms with Gasteiger partial charge >= 0.3 is 0 Å². The smallest absolute Gasteiger partial charge is 0.226 e. The standard InChI is InChI=1S/C21H24N2O3/c1-15-13-23(14-16-6-4-3-5-7-16)21(25)19(15)12-20(24)22-17-8-10-18(26-2)11-9-17/h3-11,15,19H,12-14H2,1-2H3,(H,22,24)/t15-,19+/m0/s1. The molecule has 1 heterocycles. The number of methoxy groups -OCH3 is 1. The zero-order valence-electron chi connectivity index (χ0n) is 15.1. The van der Waals surface area contributed by atoms with Gasteiger partial charge in [0.1, 0.15) is 5.75 Å². The Hall–Kier alpha value is -2.82. The van der Waals surface area contributed by atoms with E-state index in [2.05, 4.69) is 5.32 Å². The summed E-state index contributed by atoms with van der Waals surface area (Å²) in [5.41, 5.74) is 1.81. The van der Waals surface area contributed by atoms with E-state index in [1.165, 1.54) is 0 Å². The number of rotatable bonds is 6. The summed E-state index contributed by atoms with van der Waals surface area (Å²) in [7, 11) is 1.60. The van der Waals surface area contributed by atoms with Crippen LogP contribution in [-0.4, -0.2) is 30.4 Å². The molecule has 0 unspecified atom stereocenters. The van der Waals surface area contributed by atoms with Crippen LogP contribution in [0.15, 0.2) is 54.6 Å². The monoisotopic (exact) mass is 352 g/mol. The van der Waals surface area contributed by atoms with Gasteiger partial charge in [-0.2, -0.15) is 0 Å². The summed E-state index contributed by atoms with van der Waals surface area (Å²) in [4.78, 5) is 26.9. The number of anilines is 1. The molecule has 0 saturated carbocycles. The van der Waals surface area contributed by atoms with Crippen LogP contribution in [0.25, 0.3) is 0 Å². The van der Waals surface area contributed by atoms with E-state index in [0.717, 1.165) is 11.3 Å². The summed E-state index contributed by atoms with van der Waals surface area (Å²) in [5, 5.41) is 2.86. The first-order chi connectivity index (χ1) is 12.6. The van der Waals surface area contributed by atoms with Gasteiger partial charge in [-0.3, -0.25) is 9.59 Å². The fourth-order valence-corrected chi connectivity index (χ4v) is 3.36. The van der Waals surface area contributed by atoms with Crippen LogP contribution in [-0.2, 0) is 16.1 Å². The molecule has 136 valence electrons. The van der Waals surface area contributed by atoms with Crippen LogP contribution in [0.5, 0.6) is 5.75 Å². The van der Waals surface area contributed by atoms with Crippen LogP contribution in [0.3, 0.4) is 0 Å². The number of hydrogen-bond donors (Lipinski definition) is 1. The summed E-state index contributed by atoms with van der Waals surface area (Å²) in [6.45, 7) is 3.32. The molecule has 1 aliphatic rings. The lowest BCUT2D eigenvalue weighted by Gasteiger charge is -2.16. The first-order valence-corrected chi connectivity index (χ1v) is 8.83. The second kappa shape index (κ2) is 8.04. The van der Waals surface area contributed by atoms with E-state index in [4.69, 9.17) is 4.74 Å². The number of nitrogens with one attached hydrogen (secondary N) is 1. The largest absolute Gasteiger partial charge is 0.497 e. The third-order valence-electron chi connectivity index (χ3n) is 4.82. The van der Waals surface area contributed by atoms with Gasteiger partial charge in [0.2, 0.25) is 11.8 Å². The molecule has 2 aromatic carbocycles. The third-order valence-corrected chi connectivity index (χ3v) is 4.82. The van der Waals surface area contributed by atoms with Crippen molar-refractivity contribution in [2.45, 2.75) is 19.9 Å². The number of hydrogen-bond acceptors (Lipinski definition) is 3. The molecule has 1 aliphatic heterocycles. The predicted molar refractivity (Wildman–Crippen MR) is 101 cm³/mol. The Kier molecular flexibility index (Phi) is 5.56. The Morgan fingerprint density at radius 3 is 2.50 bits per heavy atom. The fraction of sp³-hybridized carbons (Fsp3) is 0.333. The van der Waals surface area contributed by atoms with Crippen molar-refractivity contribution in [2.24, 2.45) is 11.8 Å². The van der Waals surface area contributed by atoms with Gasteiger partial charge in [0.15, 0.2) is 0 Å². The van der Waals surface area contributed by atoms with E-state index in [1.54, 1.807) is 31.4 Å². The van der Waals surface area contributed by atoms with Crippen LogP contribution >= 0.6 is 0 Å². The van der Waals surface area contributed by atoms with Gasteiger partial charge in [0.25, 0.3) is 0 Å². The average molecular weight is 352 g/mol. The molecule has 2 amide bonds. The maximum Gasteiger partial charge on any atom is 0.226 e. The Morgan fingerprint density at radius 1 is 1.15 bits per heavy atom. The van der Waals surface area contributed by atoms with Crippen molar-refractivity contribution in [1.82, 2.24) is 4.90 Å². The minimum absolute atomic E-state index is 0.0613. The third kappa shape index (κ3) is 4.23. The maximum atomic E-state index is 12.7. The molecule has 26 heavy (non-hydrogen) atoms. The van der Waals surface area contributed by atoms with E-state index in [-0.39, 0.29) is 30.1 Å². The Balaban J connectivity index is 1.58. The quantitative estimate of drug-likeness (QED) is 0.868. The summed E-state index contributed by atoms with van der Waals surface area (Å²) < 4.78 is 5.11. The molecule has 2 atom stereocenters. The highest BCUT2D eigenvalue weighted by molar-refractivity contribution is 5.94. The van der Waals surface area contributed by atoms with Gasteiger partial charge < -0.3 is 15.0 Å².